The molecule has 120 valence electrons. The number of carbonyl (C=O) groups is 2. The largest absolute Gasteiger partial charge is 0.326 e. The summed E-state index contributed by atoms with van der Waals surface area (Å²) < 4.78 is 0. The first-order chi connectivity index (χ1) is 11.1. The zero-order valence-corrected chi connectivity index (χ0v) is 13.9. The van der Waals surface area contributed by atoms with E-state index in [9.17, 15) is 9.59 Å². The highest BCUT2D eigenvalue weighted by Crippen LogP contribution is 2.12. The highest BCUT2D eigenvalue weighted by molar-refractivity contribution is 7.13. The van der Waals surface area contributed by atoms with E-state index in [2.05, 4.69) is 15.8 Å². The van der Waals surface area contributed by atoms with Gasteiger partial charge in [-0.2, -0.15) is 5.10 Å². The maximum Gasteiger partial charge on any atom is 0.271 e. The van der Waals surface area contributed by atoms with Crippen LogP contribution in [0.1, 0.15) is 39.9 Å². The molecule has 5 nitrogen and oxygen atoms in total. The van der Waals surface area contributed by atoms with Crippen LogP contribution in [0.5, 0.6) is 0 Å². The monoisotopic (exact) mass is 329 g/mol. The SMILES string of the molecule is CCCC(=O)Nc1ccc(C(=O)NN=Cc2ccc(C)s2)cc1. The first-order valence-corrected chi connectivity index (χ1v) is 8.20. The second-order valence-corrected chi connectivity index (χ2v) is 6.34. The Bertz CT molecular complexity index is 705. The number of hydrogen-bond donors (Lipinski definition) is 2. The van der Waals surface area contributed by atoms with Crippen LogP contribution in [0.25, 0.3) is 0 Å². The molecule has 2 rings (SSSR count). The number of nitrogens with zero attached hydrogens (tertiary/aromatic N) is 1. The molecular weight excluding hydrogens is 310 g/mol. The lowest BCUT2D eigenvalue weighted by molar-refractivity contribution is -0.116. The van der Waals surface area contributed by atoms with E-state index < -0.39 is 0 Å². The first-order valence-electron chi connectivity index (χ1n) is 7.38. The number of carbonyl (C=O) groups excluding carboxylic acids is 2. The van der Waals surface area contributed by atoms with Crippen molar-refractivity contribution in [3.8, 4) is 0 Å². The van der Waals surface area contributed by atoms with E-state index >= 15 is 0 Å². The van der Waals surface area contributed by atoms with Crippen LogP contribution in [0.3, 0.4) is 0 Å². The lowest BCUT2D eigenvalue weighted by Crippen LogP contribution is -2.17. The second-order valence-electron chi connectivity index (χ2n) is 5.02. The number of anilines is 1. The van der Waals surface area contributed by atoms with Crippen molar-refractivity contribution in [3.63, 3.8) is 0 Å². The van der Waals surface area contributed by atoms with Gasteiger partial charge in [-0.1, -0.05) is 6.92 Å². The maximum absolute atomic E-state index is 12.0. The Morgan fingerprint density at radius 1 is 1.17 bits per heavy atom. The molecule has 0 radical (unpaired) electrons. The molecule has 0 aliphatic rings. The number of amides is 2. The summed E-state index contributed by atoms with van der Waals surface area (Å²) in [4.78, 5) is 25.6. The normalized spacial score (nSPS) is 10.7. The van der Waals surface area contributed by atoms with Gasteiger partial charge in [0.25, 0.3) is 5.91 Å². The minimum Gasteiger partial charge on any atom is -0.326 e. The van der Waals surface area contributed by atoms with E-state index in [0.717, 1.165) is 11.3 Å². The second kappa shape index (κ2) is 8.24. The summed E-state index contributed by atoms with van der Waals surface area (Å²) in [6.45, 7) is 3.96. The van der Waals surface area contributed by atoms with E-state index in [-0.39, 0.29) is 11.8 Å². The van der Waals surface area contributed by atoms with Crippen LogP contribution in [0.4, 0.5) is 5.69 Å². The number of aryl methyl sites for hydroxylation is 1. The fraction of sp³-hybridized carbons (Fsp3) is 0.235. The van der Waals surface area contributed by atoms with Gasteiger partial charge in [0.1, 0.15) is 0 Å². The third-order valence-corrected chi connectivity index (χ3v) is 3.96. The summed E-state index contributed by atoms with van der Waals surface area (Å²) in [6, 6.07) is 10.7. The average Bonchev–Trinajstić information content (AvgIpc) is 2.93. The van der Waals surface area contributed by atoms with Gasteiger partial charge in [0.15, 0.2) is 0 Å². The molecule has 23 heavy (non-hydrogen) atoms. The lowest BCUT2D eigenvalue weighted by atomic mass is 10.2. The molecule has 0 saturated heterocycles. The molecule has 0 unspecified atom stereocenters. The van der Waals surface area contributed by atoms with Crippen molar-refractivity contribution in [1.82, 2.24) is 5.43 Å². The standard InChI is InChI=1S/C17H19N3O2S/c1-3-4-16(21)19-14-8-6-13(7-9-14)17(22)20-18-11-15-10-5-12(2)23-15/h5-11H,3-4H2,1-2H3,(H,19,21)(H,20,22). The Balaban J connectivity index is 1.89. The number of nitrogens with one attached hydrogen (secondary N) is 2. The van der Waals surface area contributed by atoms with Gasteiger partial charge in [0.2, 0.25) is 5.91 Å². The summed E-state index contributed by atoms with van der Waals surface area (Å²) in [7, 11) is 0. The van der Waals surface area contributed by atoms with Crippen molar-refractivity contribution in [3.05, 3.63) is 51.7 Å². The van der Waals surface area contributed by atoms with Gasteiger partial charge in [0, 0.05) is 27.4 Å². The predicted molar refractivity (Wildman–Crippen MR) is 94.1 cm³/mol. The Labute approximate surface area is 139 Å². The number of benzene rings is 1. The van der Waals surface area contributed by atoms with Crippen LogP contribution in [0.15, 0.2) is 41.5 Å². The number of thiophene rings is 1. The van der Waals surface area contributed by atoms with E-state index in [4.69, 9.17) is 0 Å². The maximum atomic E-state index is 12.0. The van der Waals surface area contributed by atoms with Gasteiger partial charge in [-0.3, -0.25) is 9.59 Å². The van der Waals surface area contributed by atoms with Gasteiger partial charge in [-0.25, -0.2) is 5.43 Å². The summed E-state index contributed by atoms with van der Waals surface area (Å²) >= 11 is 1.61. The van der Waals surface area contributed by atoms with Gasteiger partial charge in [0.05, 0.1) is 6.21 Å². The first kappa shape index (κ1) is 16.9. The number of rotatable bonds is 6. The summed E-state index contributed by atoms with van der Waals surface area (Å²) in [5.74, 6) is -0.318. The molecule has 1 heterocycles. The van der Waals surface area contributed by atoms with Gasteiger partial charge >= 0.3 is 0 Å². The van der Waals surface area contributed by atoms with Gasteiger partial charge in [-0.15, -0.1) is 11.3 Å². The van der Waals surface area contributed by atoms with Gasteiger partial charge < -0.3 is 5.32 Å². The smallest absolute Gasteiger partial charge is 0.271 e. The fourth-order valence-corrected chi connectivity index (χ4v) is 2.65. The number of hydrazone groups is 1. The fourth-order valence-electron chi connectivity index (χ4n) is 1.90. The van der Waals surface area contributed by atoms with Crippen LogP contribution in [0.2, 0.25) is 0 Å². The van der Waals surface area contributed by atoms with Crippen LogP contribution in [-0.4, -0.2) is 18.0 Å². The quantitative estimate of drug-likeness (QED) is 0.628. The highest BCUT2D eigenvalue weighted by atomic mass is 32.1. The van der Waals surface area contributed by atoms with Crippen molar-refractivity contribution < 1.29 is 9.59 Å². The third-order valence-electron chi connectivity index (χ3n) is 3.03. The molecular formula is C17H19N3O2S. The van der Waals surface area contributed by atoms with Crippen molar-refractivity contribution in [2.75, 3.05) is 5.32 Å². The molecule has 1 aromatic carbocycles. The molecule has 6 heteroatoms. The number of hydrogen-bond acceptors (Lipinski definition) is 4. The van der Waals surface area contributed by atoms with E-state index in [1.807, 2.05) is 26.0 Å². The third kappa shape index (κ3) is 5.34. The topological polar surface area (TPSA) is 70.6 Å². The van der Waals surface area contributed by atoms with Crippen molar-refractivity contribution in [2.45, 2.75) is 26.7 Å². The average molecular weight is 329 g/mol. The van der Waals surface area contributed by atoms with Crippen molar-refractivity contribution in [1.29, 1.82) is 0 Å². The minimum atomic E-state index is -0.291. The summed E-state index contributed by atoms with van der Waals surface area (Å²) in [6.07, 6.45) is 2.90. The molecule has 0 bridgehead atoms. The summed E-state index contributed by atoms with van der Waals surface area (Å²) in [5.41, 5.74) is 3.65. The molecule has 0 aliphatic heterocycles. The molecule has 2 N–H and O–H groups in total. The molecule has 0 atom stereocenters. The van der Waals surface area contributed by atoms with E-state index in [1.54, 1.807) is 41.8 Å². The predicted octanol–water partition coefficient (Wildman–Crippen LogP) is 3.56. The van der Waals surface area contributed by atoms with Crippen LogP contribution < -0.4 is 10.7 Å². The molecule has 1 aromatic heterocycles. The molecule has 0 saturated carbocycles. The van der Waals surface area contributed by atoms with E-state index in [0.29, 0.717) is 17.7 Å². The zero-order chi connectivity index (χ0) is 16.7. The van der Waals surface area contributed by atoms with E-state index in [1.165, 1.54) is 4.88 Å². The Hall–Kier alpha value is -2.47. The Morgan fingerprint density at radius 2 is 1.91 bits per heavy atom. The summed E-state index contributed by atoms with van der Waals surface area (Å²) in [5, 5.41) is 6.72. The lowest BCUT2D eigenvalue weighted by Gasteiger charge is -2.05. The molecule has 0 aliphatic carbocycles. The Morgan fingerprint density at radius 3 is 2.52 bits per heavy atom. The van der Waals surface area contributed by atoms with Crippen molar-refractivity contribution >= 4 is 35.1 Å². The van der Waals surface area contributed by atoms with Crippen molar-refractivity contribution in [2.24, 2.45) is 5.10 Å². The van der Waals surface area contributed by atoms with Crippen LogP contribution in [-0.2, 0) is 4.79 Å². The zero-order valence-electron chi connectivity index (χ0n) is 13.1. The van der Waals surface area contributed by atoms with Crippen LogP contribution in [0, 0.1) is 6.92 Å². The molecule has 0 fully saturated rings. The molecule has 2 aromatic rings. The van der Waals surface area contributed by atoms with Crippen LogP contribution >= 0.6 is 11.3 Å². The molecule has 0 spiro atoms. The highest BCUT2D eigenvalue weighted by Gasteiger charge is 2.05. The van der Waals surface area contributed by atoms with Gasteiger partial charge in [-0.05, 0) is 49.7 Å². The minimum absolute atomic E-state index is 0.0273. The Kier molecular flexibility index (Phi) is 6.05. The molecule has 2 amide bonds.